The maximum Gasteiger partial charge on any atom is 0.314 e. The van der Waals surface area contributed by atoms with Crippen LogP contribution in [0.5, 0.6) is 5.75 Å². The van der Waals surface area contributed by atoms with Crippen LogP contribution in [0, 0.1) is 17.8 Å². The molecule has 0 radical (unpaired) electrons. The smallest absolute Gasteiger partial charge is 0.314 e. The molecular formula is C23H32O2. The monoisotopic (exact) mass is 340 g/mol. The molecule has 2 heteroatoms. The second-order valence-corrected chi connectivity index (χ2v) is 8.25. The summed E-state index contributed by atoms with van der Waals surface area (Å²) in [6.45, 7) is 4.51. The van der Waals surface area contributed by atoms with Crippen molar-refractivity contribution in [3.05, 3.63) is 41.5 Å². The van der Waals surface area contributed by atoms with Crippen LogP contribution in [-0.4, -0.2) is 5.97 Å². The average molecular weight is 341 g/mol. The highest BCUT2D eigenvalue weighted by atomic mass is 16.5. The molecule has 0 aliphatic heterocycles. The van der Waals surface area contributed by atoms with Gasteiger partial charge in [-0.2, -0.15) is 0 Å². The van der Waals surface area contributed by atoms with Crippen LogP contribution in [0.2, 0.25) is 0 Å². The van der Waals surface area contributed by atoms with E-state index < -0.39 is 0 Å². The van der Waals surface area contributed by atoms with Crippen molar-refractivity contribution in [1.29, 1.82) is 0 Å². The van der Waals surface area contributed by atoms with E-state index in [1.807, 2.05) is 12.1 Å². The zero-order valence-corrected chi connectivity index (χ0v) is 15.8. The van der Waals surface area contributed by atoms with Crippen molar-refractivity contribution in [2.24, 2.45) is 17.8 Å². The van der Waals surface area contributed by atoms with Gasteiger partial charge in [-0.15, -0.1) is 0 Å². The SMILES string of the molecule is CC1=CCC(C(=O)Oc2ccc(CCC3CCC(C)CC3)cc2)CC1. The van der Waals surface area contributed by atoms with E-state index in [2.05, 4.69) is 32.1 Å². The minimum absolute atomic E-state index is 0.0251. The van der Waals surface area contributed by atoms with Crippen LogP contribution in [0.15, 0.2) is 35.9 Å². The Morgan fingerprint density at radius 1 is 1.08 bits per heavy atom. The second-order valence-electron chi connectivity index (χ2n) is 8.25. The first-order valence-corrected chi connectivity index (χ1v) is 10.1. The molecule has 0 heterocycles. The number of hydrogen-bond acceptors (Lipinski definition) is 2. The molecule has 1 aromatic carbocycles. The second kappa shape index (κ2) is 8.69. The van der Waals surface area contributed by atoms with E-state index in [1.54, 1.807) is 0 Å². The van der Waals surface area contributed by atoms with E-state index in [4.69, 9.17) is 4.74 Å². The normalized spacial score (nSPS) is 26.8. The number of allylic oxidation sites excluding steroid dienone is 2. The van der Waals surface area contributed by atoms with Crippen LogP contribution < -0.4 is 4.74 Å². The van der Waals surface area contributed by atoms with Gasteiger partial charge < -0.3 is 4.74 Å². The summed E-state index contributed by atoms with van der Waals surface area (Å²) < 4.78 is 5.58. The maximum atomic E-state index is 12.3. The van der Waals surface area contributed by atoms with Crippen LogP contribution >= 0.6 is 0 Å². The first-order chi connectivity index (χ1) is 12.1. The minimum atomic E-state index is -0.0761. The standard InChI is InChI=1S/C23H32O2/c1-17-3-7-19(8-4-17)9-10-20-11-15-22(16-12-20)25-23(24)21-13-5-18(2)6-14-21/h5,11-12,15-17,19,21H,3-4,6-10,13-14H2,1-2H3. The molecule has 1 aromatic rings. The number of esters is 1. The summed E-state index contributed by atoms with van der Waals surface area (Å²) in [4.78, 5) is 12.3. The fourth-order valence-corrected chi connectivity index (χ4v) is 4.09. The lowest BCUT2D eigenvalue weighted by atomic mass is 9.80. The molecule has 0 N–H and O–H groups in total. The topological polar surface area (TPSA) is 26.3 Å². The first-order valence-electron chi connectivity index (χ1n) is 10.1. The summed E-state index contributed by atoms with van der Waals surface area (Å²) in [6, 6.07) is 8.16. The lowest BCUT2D eigenvalue weighted by molar-refractivity contribution is -0.139. The van der Waals surface area contributed by atoms with Crippen molar-refractivity contribution in [3.63, 3.8) is 0 Å². The molecule has 2 nitrogen and oxygen atoms in total. The number of benzene rings is 1. The molecule has 25 heavy (non-hydrogen) atoms. The zero-order chi connectivity index (χ0) is 17.6. The predicted octanol–water partition coefficient (Wildman–Crippen LogP) is 6.10. The molecule has 136 valence electrons. The van der Waals surface area contributed by atoms with E-state index in [9.17, 15) is 4.79 Å². The number of carbonyl (C=O) groups is 1. The number of ether oxygens (including phenoxy) is 1. The van der Waals surface area contributed by atoms with Crippen molar-refractivity contribution in [3.8, 4) is 5.75 Å². The van der Waals surface area contributed by atoms with Crippen LogP contribution in [-0.2, 0) is 11.2 Å². The molecule has 1 unspecified atom stereocenters. The Kier molecular flexibility index (Phi) is 6.34. The van der Waals surface area contributed by atoms with Crippen LogP contribution in [0.3, 0.4) is 0 Å². The van der Waals surface area contributed by atoms with E-state index in [0.29, 0.717) is 5.75 Å². The summed E-state index contributed by atoms with van der Waals surface area (Å²) in [5, 5.41) is 0. The Labute approximate surface area is 152 Å². The number of rotatable bonds is 5. The van der Waals surface area contributed by atoms with Gasteiger partial charge in [0.2, 0.25) is 0 Å². The fraction of sp³-hybridized carbons (Fsp3) is 0.609. The van der Waals surface area contributed by atoms with Gasteiger partial charge in [0.1, 0.15) is 5.75 Å². The maximum absolute atomic E-state index is 12.3. The molecule has 0 amide bonds. The highest BCUT2D eigenvalue weighted by Gasteiger charge is 2.22. The number of hydrogen-bond donors (Lipinski definition) is 0. The van der Waals surface area contributed by atoms with Gasteiger partial charge in [0.15, 0.2) is 0 Å². The lowest BCUT2D eigenvalue weighted by Gasteiger charge is -2.26. The Bertz CT molecular complexity index is 591. The van der Waals surface area contributed by atoms with E-state index in [-0.39, 0.29) is 11.9 Å². The summed E-state index contributed by atoms with van der Waals surface area (Å²) in [5.41, 5.74) is 2.75. The molecule has 2 aliphatic carbocycles. The van der Waals surface area contributed by atoms with Gasteiger partial charge >= 0.3 is 5.97 Å². The molecule has 1 saturated carbocycles. The summed E-state index contributed by atoms with van der Waals surface area (Å²) in [5.74, 6) is 2.46. The molecule has 1 atom stereocenters. The fourth-order valence-electron chi connectivity index (χ4n) is 4.09. The Hall–Kier alpha value is -1.57. The van der Waals surface area contributed by atoms with Crippen molar-refractivity contribution >= 4 is 5.97 Å². The van der Waals surface area contributed by atoms with Crippen molar-refractivity contribution in [2.75, 3.05) is 0 Å². The quantitative estimate of drug-likeness (QED) is 0.368. The van der Waals surface area contributed by atoms with E-state index >= 15 is 0 Å². The van der Waals surface area contributed by atoms with Gasteiger partial charge in [0, 0.05) is 0 Å². The Morgan fingerprint density at radius 2 is 1.80 bits per heavy atom. The third-order valence-corrected chi connectivity index (χ3v) is 6.09. The van der Waals surface area contributed by atoms with E-state index in [1.165, 1.54) is 43.2 Å². The predicted molar refractivity (Wildman–Crippen MR) is 103 cm³/mol. The molecular weight excluding hydrogens is 308 g/mol. The highest BCUT2D eigenvalue weighted by molar-refractivity contribution is 5.75. The molecule has 1 fully saturated rings. The molecule has 0 spiro atoms. The largest absolute Gasteiger partial charge is 0.426 e. The third-order valence-electron chi connectivity index (χ3n) is 6.09. The Balaban J connectivity index is 1.44. The Morgan fingerprint density at radius 3 is 2.44 bits per heavy atom. The highest BCUT2D eigenvalue weighted by Crippen LogP contribution is 2.31. The van der Waals surface area contributed by atoms with Crippen molar-refractivity contribution < 1.29 is 9.53 Å². The van der Waals surface area contributed by atoms with Crippen LogP contribution in [0.4, 0.5) is 0 Å². The molecule has 0 bridgehead atoms. The van der Waals surface area contributed by atoms with Gasteiger partial charge in [0.05, 0.1) is 5.92 Å². The molecule has 2 aliphatic rings. The molecule has 3 rings (SSSR count). The van der Waals surface area contributed by atoms with Crippen molar-refractivity contribution in [1.82, 2.24) is 0 Å². The lowest BCUT2D eigenvalue weighted by Crippen LogP contribution is -2.22. The van der Waals surface area contributed by atoms with E-state index in [0.717, 1.165) is 37.5 Å². The zero-order valence-electron chi connectivity index (χ0n) is 15.8. The van der Waals surface area contributed by atoms with Gasteiger partial charge in [-0.05, 0) is 68.6 Å². The average Bonchev–Trinajstić information content (AvgIpc) is 2.63. The molecule has 0 saturated heterocycles. The molecule has 0 aromatic heterocycles. The summed E-state index contributed by atoms with van der Waals surface area (Å²) in [6.07, 6.45) is 12.9. The first kappa shape index (κ1) is 18.2. The number of carbonyl (C=O) groups excluding carboxylic acids is 1. The van der Waals surface area contributed by atoms with Gasteiger partial charge in [-0.3, -0.25) is 4.79 Å². The number of aryl methyl sites for hydroxylation is 1. The van der Waals surface area contributed by atoms with Gasteiger partial charge in [-0.1, -0.05) is 56.4 Å². The van der Waals surface area contributed by atoms with Crippen LogP contribution in [0.1, 0.15) is 70.8 Å². The minimum Gasteiger partial charge on any atom is -0.426 e. The van der Waals surface area contributed by atoms with Gasteiger partial charge in [-0.25, -0.2) is 0 Å². The van der Waals surface area contributed by atoms with Crippen molar-refractivity contribution in [2.45, 2.75) is 71.6 Å². The third kappa shape index (κ3) is 5.45. The summed E-state index contributed by atoms with van der Waals surface area (Å²) >= 11 is 0. The van der Waals surface area contributed by atoms with Gasteiger partial charge in [0.25, 0.3) is 0 Å². The summed E-state index contributed by atoms with van der Waals surface area (Å²) in [7, 11) is 0. The van der Waals surface area contributed by atoms with Crippen LogP contribution in [0.25, 0.3) is 0 Å².